The zero-order chi connectivity index (χ0) is 10.3. The number of hydrogen-bond acceptors (Lipinski definition) is 3. The molecule has 3 rings (SSSR count). The number of pyridine rings is 1. The largest absolute Gasteiger partial charge is 0.338 e. The van der Waals surface area contributed by atoms with Gasteiger partial charge in [0, 0.05) is 16.1 Å². The van der Waals surface area contributed by atoms with E-state index in [4.69, 9.17) is 11.6 Å². The summed E-state index contributed by atoms with van der Waals surface area (Å²) in [6.45, 7) is 0. The van der Waals surface area contributed by atoms with Crippen LogP contribution in [0.3, 0.4) is 0 Å². The molecule has 0 spiro atoms. The first-order valence-electron chi connectivity index (χ1n) is 4.52. The van der Waals surface area contributed by atoms with E-state index in [2.05, 4.69) is 10.3 Å². The third-order valence-corrected chi connectivity index (χ3v) is 3.53. The third kappa shape index (κ3) is 1.58. The highest BCUT2D eigenvalue weighted by molar-refractivity contribution is 7.99. The van der Waals surface area contributed by atoms with Gasteiger partial charge < -0.3 is 5.32 Å². The molecular formula is C11H7ClN2S. The van der Waals surface area contributed by atoms with Gasteiger partial charge in [0.05, 0.1) is 10.6 Å². The minimum atomic E-state index is 0.760. The maximum atomic E-state index is 5.95. The molecule has 0 bridgehead atoms. The minimum Gasteiger partial charge on any atom is -0.338 e. The van der Waals surface area contributed by atoms with Gasteiger partial charge in [-0.3, -0.25) is 0 Å². The van der Waals surface area contributed by atoms with Gasteiger partial charge in [-0.05, 0) is 30.3 Å². The molecule has 2 nitrogen and oxygen atoms in total. The zero-order valence-electron chi connectivity index (χ0n) is 7.70. The number of rotatable bonds is 0. The van der Waals surface area contributed by atoms with Crippen LogP contribution < -0.4 is 5.32 Å². The van der Waals surface area contributed by atoms with Gasteiger partial charge in [-0.1, -0.05) is 23.4 Å². The van der Waals surface area contributed by atoms with E-state index in [0.717, 1.165) is 26.3 Å². The van der Waals surface area contributed by atoms with Crippen molar-refractivity contribution in [3.05, 3.63) is 41.6 Å². The topological polar surface area (TPSA) is 24.9 Å². The van der Waals surface area contributed by atoms with Crippen molar-refractivity contribution in [1.82, 2.24) is 4.98 Å². The fourth-order valence-electron chi connectivity index (χ4n) is 1.50. The molecule has 0 atom stereocenters. The maximum Gasteiger partial charge on any atom is 0.144 e. The Balaban J connectivity index is 2.11. The van der Waals surface area contributed by atoms with Gasteiger partial charge in [0.25, 0.3) is 0 Å². The van der Waals surface area contributed by atoms with Gasteiger partial charge in [-0.15, -0.1) is 0 Å². The van der Waals surface area contributed by atoms with Gasteiger partial charge in [0.1, 0.15) is 5.82 Å². The first kappa shape index (κ1) is 9.07. The second-order valence-corrected chi connectivity index (χ2v) is 4.74. The monoisotopic (exact) mass is 234 g/mol. The standard InChI is InChI=1S/C11H7ClN2S/c12-7-3-4-8-10(6-7)15-9-2-1-5-13-11(9)14-8/h1-6H,(H,13,14). The lowest BCUT2D eigenvalue weighted by Crippen LogP contribution is -2.01. The molecular weight excluding hydrogens is 228 g/mol. The number of hydrogen-bond donors (Lipinski definition) is 1. The van der Waals surface area contributed by atoms with Crippen molar-refractivity contribution in [3.63, 3.8) is 0 Å². The molecule has 0 unspecified atom stereocenters. The molecule has 2 aromatic rings. The highest BCUT2D eigenvalue weighted by Crippen LogP contribution is 2.43. The summed E-state index contributed by atoms with van der Waals surface area (Å²) in [5, 5.41) is 4.04. The molecule has 4 heteroatoms. The Labute approximate surface area is 96.7 Å². The normalized spacial score (nSPS) is 12.6. The van der Waals surface area contributed by atoms with Crippen LogP contribution in [0, 0.1) is 0 Å². The van der Waals surface area contributed by atoms with Crippen LogP contribution in [0.1, 0.15) is 0 Å². The summed E-state index contributed by atoms with van der Waals surface area (Å²) < 4.78 is 0. The molecule has 0 aliphatic carbocycles. The molecule has 0 amide bonds. The Bertz CT molecular complexity index is 528. The molecule has 0 fully saturated rings. The van der Waals surface area contributed by atoms with Gasteiger partial charge in [0.2, 0.25) is 0 Å². The van der Waals surface area contributed by atoms with Crippen LogP contribution in [-0.4, -0.2) is 4.98 Å². The quantitative estimate of drug-likeness (QED) is 0.638. The molecule has 0 saturated carbocycles. The molecule has 1 aliphatic rings. The van der Waals surface area contributed by atoms with Gasteiger partial charge in [-0.2, -0.15) is 0 Å². The number of halogens is 1. The summed E-state index contributed by atoms with van der Waals surface area (Å²) in [6, 6.07) is 9.79. The Morgan fingerprint density at radius 3 is 3.07 bits per heavy atom. The molecule has 1 N–H and O–H groups in total. The number of fused-ring (bicyclic) bond motifs is 2. The predicted molar refractivity (Wildman–Crippen MR) is 63.1 cm³/mol. The first-order chi connectivity index (χ1) is 7.33. The molecule has 0 saturated heterocycles. The van der Waals surface area contributed by atoms with Crippen molar-refractivity contribution in [2.75, 3.05) is 5.32 Å². The lowest BCUT2D eigenvalue weighted by atomic mass is 10.3. The molecule has 1 aliphatic heterocycles. The zero-order valence-corrected chi connectivity index (χ0v) is 9.27. The molecule has 2 heterocycles. The van der Waals surface area contributed by atoms with Crippen LogP contribution in [0.5, 0.6) is 0 Å². The third-order valence-electron chi connectivity index (χ3n) is 2.19. The Morgan fingerprint density at radius 2 is 2.13 bits per heavy atom. The molecule has 1 aromatic heterocycles. The summed E-state index contributed by atoms with van der Waals surface area (Å²) in [5.74, 6) is 0.914. The van der Waals surface area contributed by atoms with Crippen molar-refractivity contribution in [2.45, 2.75) is 9.79 Å². The van der Waals surface area contributed by atoms with Gasteiger partial charge in [-0.25, -0.2) is 4.98 Å². The number of aromatic nitrogens is 1. The van der Waals surface area contributed by atoms with E-state index in [1.807, 2.05) is 30.3 Å². The first-order valence-corrected chi connectivity index (χ1v) is 5.72. The second kappa shape index (κ2) is 3.43. The van der Waals surface area contributed by atoms with Gasteiger partial charge >= 0.3 is 0 Å². The average molecular weight is 235 g/mol. The van der Waals surface area contributed by atoms with E-state index >= 15 is 0 Å². The smallest absolute Gasteiger partial charge is 0.144 e. The number of benzene rings is 1. The number of nitrogens with zero attached hydrogens (tertiary/aromatic N) is 1. The van der Waals surface area contributed by atoms with E-state index in [0.29, 0.717) is 0 Å². The summed E-state index contributed by atoms with van der Waals surface area (Å²) in [4.78, 5) is 6.55. The van der Waals surface area contributed by atoms with Crippen molar-refractivity contribution < 1.29 is 0 Å². The molecule has 74 valence electrons. The van der Waals surface area contributed by atoms with Crippen LogP contribution in [0.2, 0.25) is 5.02 Å². The highest BCUT2D eigenvalue weighted by Gasteiger charge is 2.15. The van der Waals surface area contributed by atoms with Gasteiger partial charge in [0.15, 0.2) is 0 Å². The van der Waals surface area contributed by atoms with E-state index in [1.54, 1.807) is 18.0 Å². The minimum absolute atomic E-state index is 0.760. The number of anilines is 2. The summed E-state index contributed by atoms with van der Waals surface area (Å²) >= 11 is 7.63. The van der Waals surface area contributed by atoms with Crippen molar-refractivity contribution in [2.24, 2.45) is 0 Å². The van der Waals surface area contributed by atoms with Crippen molar-refractivity contribution >= 4 is 34.9 Å². The highest BCUT2D eigenvalue weighted by atomic mass is 35.5. The van der Waals surface area contributed by atoms with Crippen LogP contribution in [0.15, 0.2) is 46.3 Å². The van der Waals surface area contributed by atoms with E-state index < -0.39 is 0 Å². The Hall–Kier alpha value is -1.19. The van der Waals surface area contributed by atoms with Crippen molar-refractivity contribution in [3.8, 4) is 0 Å². The second-order valence-electron chi connectivity index (χ2n) is 3.22. The summed E-state index contributed by atoms with van der Waals surface area (Å²) in [6.07, 6.45) is 1.79. The maximum absolute atomic E-state index is 5.95. The predicted octanol–water partition coefficient (Wildman–Crippen LogP) is 3.94. The summed E-state index contributed by atoms with van der Waals surface area (Å²) in [5.41, 5.74) is 1.07. The van der Waals surface area contributed by atoms with Crippen LogP contribution in [-0.2, 0) is 0 Å². The van der Waals surface area contributed by atoms with E-state index in [9.17, 15) is 0 Å². The Kier molecular flexibility index (Phi) is 2.08. The fourth-order valence-corrected chi connectivity index (χ4v) is 2.73. The van der Waals surface area contributed by atoms with E-state index in [1.165, 1.54) is 0 Å². The summed E-state index contributed by atoms with van der Waals surface area (Å²) in [7, 11) is 0. The fraction of sp³-hybridized carbons (Fsp3) is 0. The molecule has 15 heavy (non-hydrogen) atoms. The average Bonchev–Trinajstić information content (AvgIpc) is 2.26. The van der Waals surface area contributed by atoms with Crippen LogP contribution >= 0.6 is 23.4 Å². The van der Waals surface area contributed by atoms with Crippen LogP contribution in [0.4, 0.5) is 11.5 Å². The SMILES string of the molecule is Clc1ccc2c(c1)Sc1cccnc1N2. The molecule has 1 aromatic carbocycles. The Morgan fingerprint density at radius 1 is 1.20 bits per heavy atom. The number of nitrogens with one attached hydrogen (secondary N) is 1. The lowest BCUT2D eigenvalue weighted by Gasteiger charge is -2.19. The van der Waals surface area contributed by atoms with E-state index in [-0.39, 0.29) is 0 Å². The molecule has 0 radical (unpaired) electrons. The van der Waals surface area contributed by atoms with Crippen LogP contribution in [0.25, 0.3) is 0 Å². The lowest BCUT2D eigenvalue weighted by molar-refractivity contribution is 1.19. The van der Waals surface area contributed by atoms with Crippen molar-refractivity contribution in [1.29, 1.82) is 0 Å².